The average molecular weight is 225 g/mol. The molecule has 0 bridgehead atoms. The molecule has 4 nitrogen and oxygen atoms in total. The molecule has 15 heavy (non-hydrogen) atoms. The van der Waals surface area contributed by atoms with Crippen LogP contribution < -0.4 is 4.90 Å². The zero-order valence-corrected chi connectivity index (χ0v) is 8.65. The standard InChI is InChI=1S/C10H9ClN2O2/c11-10(15)7-4-9(14)13(6-7)8-2-1-3-12-5-8/h1-3,5,7H,4,6H2/t7-/m1/s1. The topological polar surface area (TPSA) is 50.3 Å². The van der Waals surface area contributed by atoms with Crippen molar-refractivity contribution in [1.82, 2.24) is 4.98 Å². The molecular formula is C10H9ClN2O2. The first-order valence-electron chi connectivity index (χ1n) is 4.58. The van der Waals surface area contributed by atoms with Gasteiger partial charge in [-0.15, -0.1) is 0 Å². The number of hydrogen-bond donors (Lipinski definition) is 0. The maximum absolute atomic E-state index is 11.6. The zero-order chi connectivity index (χ0) is 10.8. The van der Waals surface area contributed by atoms with Gasteiger partial charge in [-0.25, -0.2) is 0 Å². The van der Waals surface area contributed by atoms with Gasteiger partial charge in [-0.2, -0.15) is 0 Å². The van der Waals surface area contributed by atoms with Gasteiger partial charge >= 0.3 is 0 Å². The van der Waals surface area contributed by atoms with Gasteiger partial charge in [0.2, 0.25) is 11.1 Å². The number of carbonyl (C=O) groups excluding carboxylic acids is 2. The molecule has 0 saturated carbocycles. The van der Waals surface area contributed by atoms with Gasteiger partial charge in [0.15, 0.2) is 0 Å². The summed E-state index contributed by atoms with van der Waals surface area (Å²) in [5.74, 6) is -0.471. The van der Waals surface area contributed by atoms with Gasteiger partial charge in [0.05, 0.1) is 17.8 Å². The van der Waals surface area contributed by atoms with Crippen LogP contribution in [0.25, 0.3) is 0 Å². The monoisotopic (exact) mass is 224 g/mol. The molecule has 0 N–H and O–H groups in total. The molecule has 1 aliphatic heterocycles. The molecule has 1 amide bonds. The Bertz CT molecular complexity index is 394. The fourth-order valence-electron chi connectivity index (χ4n) is 1.62. The Kier molecular flexibility index (Phi) is 2.68. The summed E-state index contributed by atoms with van der Waals surface area (Å²) in [6.45, 7) is 0.354. The molecule has 0 spiro atoms. The fourth-order valence-corrected chi connectivity index (χ4v) is 1.77. The van der Waals surface area contributed by atoms with Gasteiger partial charge in [-0.05, 0) is 23.7 Å². The van der Waals surface area contributed by atoms with Crippen LogP contribution in [0.15, 0.2) is 24.5 Å². The Morgan fingerprint density at radius 1 is 1.60 bits per heavy atom. The van der Waals surface area contributed by atoms with Crippen LogP contribution >= 0.6 is 11.6 Å². The molecule has 1 atom stereocenters. The Morgan fingerprint density at radius 2 is 2.40 bits per heavy atom. The van der Waals surface area contributed by atoms with E-state index in [2.05, 4.69) is 4.98 Å². The highest BCUT2D eigenvalue weighted by atomic mass is 35.5. The maximum atomic E-state index is 11.6. The second-order valence-electron chi connectivity index (χ2n) is 3.42. The number of hydrogen-bond acceptors (Lipinski definition) is 3. The van der Waals surface area contributed by atoms with E-state index in [1.165, 1.54) is 4.90 Å². The molecule has 2 rings (SSSR count). The van der Waals surface area contributed by atoms with Gasteiger partial charge in [0.1, 0.15) is 0 Å². The molecular weight excluding hydrogens is 216 g/mol. The van der Waals surface area contributed by atoms with E-state index in [9.17, 15) is 9.59 Å². The summed E-state index contributed by atoms with van der Waals surface area (Å²) in [6, 6.07) is 3.53. The van der Waals surface area contributed by atoms with E-state index in [1.807, 2.05) is 0 Å². The van der Waals surface area contributed by atoms with Gasteiger partial charge in [0, 0.05) is 19.2 Å². The van der Waals surface area contributed by atoms with Crippen molar-refractivity contribution in [2.75, 3.05) is 11.4 Å². The van der Waals surface area contributed by atoms with Crippen molar-refractivity contribution in [3.05, 3.63) is 24.5 Å². The first kappa shape index (κ1) is 10.1. The lowest BCUT2D eigenvalue weighted by Crippen LogP contribution is -2.25. The molecule has 1 saturated heterocycles. The SMILES string of the molecule is O=C(Cl)[C@@H]1CC(=O)N(c2cccnc2)C1. The lowest BCUT2D eigenvalue weighted by molar-refractivity contribution is -0.120. The molecule has 0 unspecified atom stereocenters. The summed E-state index contributed by atoms with van der Waals surface area (Å²) in [5.41, 5.74) is 0.711. The number of rotatable bonds is 2. The van der Waals surface area contributed by atoms with Crippen molar-refractivity contribution >= 4 is 28.4 Å². The normalized spacial score (nSPS) is 20.7. The summed E-state index contributed by atoms with van der Waals surface area (Å²) in [5, 5.41) is -0.449. The molecule has 78 valence electrons. The highest BCUT2D eigenvalue weighted by Crippen LogP contribution is 2.25. The smallest absolute Gasteiger partial charge is 0.227 e. The molecule has 1 aromatic rings. The van der Waals surface area contributed by atoms with Crippen LogP contribution in [0.4, 0.5) is 5.69 Å². The van der Waals surface area contributed by atoms with Crippen molar-refractivity contribution in [3.8, 4) is 0 Å². The van der Waals surface area contributed by atoms with Gasteiger partial charge < -0.3 is 4.90 Å². The predicted molar refractivity (Wildman–Crippen MR) is 55.6 cm³/mol. The second-order valence-corrected chi connectivity index (χ2v) is 3.79. The average Bonchev–Trinajstić information content (AvgIpc) is 2.62. The number of amides is 1. The van der Waals surface area contributed by atoms with Crippen LogP contribution in [0.3, 0.4) is 0 Å². The molecule has 0 aromatic carbocycles. The van der Waals surface area contributed by atoms with E-state index in [-0.39, 0.29) is 18.2 Å². The van der Waals surface area contributed by atoms with E-state index in [1.54, 1.807) is 24.5 Å². The minimum absolute atomic E-state index is 0.0815. The van der Waals surface area contributed by atoms with Crippen LogP contribution in [-0.2, 0) is 9.59 Å². The van der Waals surface area contributed by atoms with Crippen molar-refractivity contribution in [2.24, 2.45) is 5.92 Å². The first-order valence-corrected chi connectivity index (χ1v) is 4.96. The lowest BCUT2D eigenvalue weighted by Gasteiger charge is -2.14. The van der Waals surface area contributed by atoms with Crippen molar-refractivity contribution in [1.29, 1.82) is 0 Å². The maximum Gasteiger partial charge on any atom is 0.227 e. The third kappa shape index (κ3) is 1.99. The van der Waals surface area contributed by atoms with Gasteiger partial charge in [0.25, 0.3) is 0 Å². The molecule has 2 heterocycles. The fraction of sp³-hybridized carbons (Fsp3) is 0.300. The van der Waals surface area contributed by atoms with Crippen LogP contribution in [-0.4, -0.2) is 22.7 Å². The van der Waals surface area contributed by atoms with Gasteiger partial charge in [-0.3, -0.25) is 14.6 Å². The predicted octanol–water partition coefficient (Wildman–Crippen LogP) is 1.20. The lowest BCUT2D eigenvalue weighted by atomic mass is 10.1. The number of pyridine rings is 1. The Morgan fingerprint density at radius 3 is 2.93 bits per heavy atom. The third-order valence-electron chi connectivity index (χ3n) is 2.40. The summed E-state index contributed by atoms with van der Waals surface area (Å²) in [6.07, 6.45) is 3.42. The van der Waals surface area contributed by atoms with Crippen LogP contribution in [0.5, 0.6) is 0 Å². The third-order valence-corrected chi connectivity index (χ3v) is 2.71. The number of carbonyl (C=O) groups is 2. The van der Waals surface area contributed by atoms with Crippen molar-refractivity contribution < 1.29 is 9.59 Å². The Balaban J connectivity index is 2.19. The van der Waals surface area contributed by atoms with E-state index >= 15 is 0 Å². The molecule has 1 aliphatic rings. The number of halogens is 1. The highest BCUT2D eigenvalue weighted by Gasteiger charge is 2.34. The van der Waals surface area contributed by atoms with Crippen LogP contribution in [0.2, 0.25) is 0 Å². The Labute approximate surface area is 91.9 Å². The van der Waals surface area contributed by atoms with E-state index in [0.29, 0.717) is 12.2 Å². The molecule has 0 radical (unpaired) electrons. The number of aromatic nitrogens is 1. The Hall–Kier alpha value is -1.42. The summed E-state index contributed by atoms with van der Waals surface area (Å²) >= 11 is 5.37. The molecule has 1 fully saturated rings. The molecule has 0 aliphatic carbocycles. The summed E-state index contributed by atoms with van der Waals surface area (Å²) < 4.78 is 0. The molecule has 5 heteroatoms. The van der Waals surface area contributed by atoms with Crippen molar-refractivity contribution in [2.45, 2.75) is 6.42 Å². The minimum atomic E-state index is -0.449. The first-order chi connectivity index (χ1) is 7.18. The van der Waals surface area contributed by atoms with E-state index < -0.39 is 5.24 Å². The summed E-state index contributed by atoms with van der Waals surface area (Å²) in [4.78, 5) is 28.0. The van der Waals surface area contributed by atoms with E-state index in [4.69, 9.17) is 11.6 Å². The highest BCUT2D eigenvalue weighted by molar-refractivity contribution is 6.64. The van der Waals surface area contributed by atoms with Crippen LogP contribution in [0, 0.1) is 5.92 Å². The number of anilines is 1. The molecule has 1 aromatic heterocycles. The second kappa shape index (κ2) is 3.98. The van der Waals surface area contributed by atoms with E-state index in [0.717, 1.165) is 0 Å². The van der Waals surface area contributed by atoms with Crippen molar-refractivity contribution in [3.63, 3.8) is 0 Å². The minimum Gasteiger partial charge on any atom is -0.310 e. The van der Waals surface area contributed by atoms with Gasteiger partial charge in [-0.1, -0.05) is 0 Å². The largest absolute Gasteiger partial charge is 0.310 e. The van der Waals surface area contributed by atoms with Crippen LogP contribution in [0.1, 0.15) is 6.42 Å². The number of nitrogens with zero attached hydrogens (tertiary/aromatic N) is 2. The summed E-state index contributed by atoms with van der Waals surface area (Å²) in [7, 11) is 0. The zero-order valence-electron chi connectivity index (χ0n) is 7.89. The quantitative estimate of drug-likeness (QED) is 0.710.